The Hall–Kier alpha value is -1.04. The van der Waals surface area contributed by atoms with Crippen LogP contribution in [0.25, 0.3) is 0 Å². The molecule has 0 heteroatoms. The van der Waals surface area contributed by atoms with Crippen LogP contribution in [0.1, 0.15) is 134 Å². The van der Waals surface area contributed by atoms with Gasteiger partial charge in [-0.15, -0.1) is 0 Å². The largest absolute Gasteiger partial charge is 0.0884 e. The molecular weight excluding hydrogens is 348 g/mol. The molecule has 0 aliphatic carbocycles. The summed E-state index contributed by atoms with van der Waals surface area (Å²) in [5, 5.41) is 0. The average molecular weight is 411 g/mol. The van der Waals surface area contributed by atoms with Crippen molar-refractivity contribution in [2.45, 2.75) is 136 Å². The molecule has 0 bridgehead atoms. The van der Waals surface area contributed by atoms with Gasteiger partial charge >= 0.3 is 0 Å². The SMILES string of the molecule is C/C=C(/CCc1ccccc1C)CC(C)C.CC.CC.CC.CC.CC.CCC. The van der Waals surface area contributed by atoms with Crippen LogP contribution in [0.5, 0.6) is 0 Å². The second-order valence-electron chi connectivity index (χ2n) is 5.68. The van der Waals surface area contributed by atoms with Crippen molar-refractivity contribution in [1.82, 2.24) is 0 Å². The number of rotatable bonds is 5. The van der Waals surface area contributed by atoms with Crippen LogP contribution in [0.3, 0.4) is 0 Å². The van der Waals surface area contributed by atoms with Crippen LogP contribution in [0.2, 0.25) is 0 Å². The Morgan fingerprint density at radius 1 is 0.793 bits per heavy atom. The summed E-state index contributed by atoms with van der Waals surface area (Å²) >= 11 is 0. The molecule has 1 aromatic carbocycles. The third-order valence-electron chi connectivity index (χ3n) is 3.06. The smallest absolute Gasteiger partial charge is 0.0239 e. The first-order valence-corrected chi connectivity index (χ1v) is 12.7. The summed E-state index contributed by atoms with van der Waals surface area (Å²) in [5.41, 5.74) is 4.51. The molecule has 0 amide bonds. The number of hydrogen-bond donors (Lipinski definition) is 0. The molecule has 1 rings (SSSR count). The maximum Gasteiger partial charge on any atom is -0.0239 e. The Kier molecular flexibility index (Phi) is 66.3. The summed E-state index contributed by atoms with van der Waals surface area (Å²) in [4.78, 5) is 0. The average Bonchev–Trinajstić information content (AvgIpc) is 2.79. The summed E-state index contributed by atoms with van der Waals surface area (Å²) in [6.07, 6.45) is 7.17. The van der Waals surface area contributed by atoms with E-state index < -0.39 is 0 Å². The van der Waals surface area contributed by atoms with E-state index in [1.54, 1.807) is 5.57 Å². The van der Waals surface area contributed by atoms with Gasteiger partial charge in [-0.1, -0.05) is 139 Å². The van der Waals surface area contributed by atoms with E-state index in [0.29, 0.717) is 0 Å². The molecule has 0 fully saturated rings. The van der Waals surface area contributed by atoms with Crippen LogP contribution < -0.4 is 0 Å². The van der Waals surface area contributed by atoms with Gasteiger partial charge in [0.25, 0.3) is 0 Å². The van der Waals surface area contributed by atoms with Crippen LogP contribution >= 0.6 is 0 Å². The van der Waals surface area contributed by atoms with Gasteiger partial charge in [0.2, 0.25) is 0 Å². The fourth-order valence-corrected chi connectivity index (χ4v) is 2.07. The Bertz CT molecular complexity index is 358. The summed E-state index contributed by atoms with van der Waals surface area (Å²) in [7, 11) is 0. The number of aryl methyl sites for hydroxylation is 2. The lowest BCUT2D eigenvalue weighted by molar-refractivity contribution is 0.623. The van der Waals surface area contributed by atoms with E-state index in [2.05, 4.69) is 71.9 Å². The van der Waals surface area contributed by atoms with E-state index in [9.17, 15) is 0 Å². The zero-order valence-electron chi connectivity index (χ0n) is 23.8. The monoisotopic (exact) mass is 410 g/mol. The van der Waals surface area contributed by atoms with Crippen molar-refractivity contribution < 1.29 is 0 Å². The van der Waals surface area contributed by atoms with Gasteiger partial charge in [0.1, 0.15) is 0 Å². The quantitative estimate of drug-likeness (QED) is 0.423. The number of hydrogen-bond acceptors (Lipinski definition) is 0. The second-order valence-corrected chi connectivity index (χ2v) is 5.68. The minimum Gasteiger partial charge on any atom is -0.0884 e. The fourth-order valence-electron chi connectivity index (χ4n) is 2.07. The van der Waals surface area contributed by atoms with E-state index >= 15 is 0 Å². The van der Waals surface area contributed by atoms with Gasteiger partial charge in [-0.25, -0.2) is 0 Å². The van der Waals surface area contributed by atoms with Gasteiger partial charge < -0.3 is 0 Å². The molecular formula is C29H62. The Morgan fingerprint density at radius 3 is 1.48 bits per heavy atom. The van der Waals surface area contributed by atoms with Gasteiger partial charge in [-0.3, -0.25) is 0 Å². The van der Waals surface area contributed by atoms with Crippen LogP contribution in [-0.2, 0) is 6.42 Å². The molecule has 0 unspecified atom stereocenters. The highest BCUT2D eigenvalue weighted by Gasteiger charge is 2.02. The van der Waals surface area contributed by atoms with E-state index in [1.165, 1.54) is 36.8 Å². The molecule has 0 saturated carbocycles. The lowest BCUT2D eigenvalue weighted by atomic mass is 9.95. The molecule has 29 heavy (non-hydrogen) atoms. The van der Waals surface area contributed by atoms with E-state index in [-0.39, 0.29) is 0 Å². The van der Waals surface area contributed by atoms with Gasteiger partial charge in [-0.2, -0.15) is 0 Å². The molecule has 1 aromatic rings. The summed E-state index contributed by atoms with van der Waals surface area (Å²) in [6, 6.07) is 8.70. The van der Waals surface area contributed by atoms with E-state index in [1.807, 2.05) is 69.2 Å². The first kappa shape index (κ1) is 42.1. The molecule has 178 valence electrons. The Morgan fingerprint density at radius 2 is 1.17 bits per heavy atom. The van der Waals surface area contributed by atoms with Crippen molar-refractivity contribution >= 4 is 0 Å². The molecule has 0 saturated heterocycles. The van der Waals surface area contributed by atoms with Gasteiger partial charge in [0.15, 0.2) is 0 Å². The predicted molar refractivity (Wildman–Crippen MR) is 145 cm³/mol. The highest BCUT2D eigenvalue weighted by molar-refractivity contribution is 5.26. The lowest BCUT2D eigenvalue weighted by Crippen LogP contribution is -1.96. The third-order valence-corrected chi connectivity index (χ3v) is 3.06. The molecule has 0 radical (unpaired) electrons. The lowest BCUT2D eigenvalue weighted by Gasteiger charge is -2.11. The molecule has 0 aliphatic heterocycles. The summed E-state index contributed by atoms with van der Waals surface area (Å²) < 4.78 is 0. The predicted octanol–water partition coefficient (Wildman–Crippen LogP) is 11.5. The van der Waals surface area contributed by atoms with Crippen molar-refractivity contribution in [2.24, 2.45) is 5.92 Å². The minimum absolute atomic E-state index is 0.767. The first-order valence-electron chi connectivity index (χ1n) is 12.7. The van der Waals surface area contributed by atoms with Crippen molar-refractivity contribution in [3.63, 3.8) is 0 Å². The first-order chi connectivity index (χ1) is 14.0. The fraction of sp³-hybridized carbons (Fsp3) is 0.724. The maximum atomic E-state index is 2.29. The standard InChI is InChI=1S/C16H24.C3H8.5C2H6/c1-5-15(12-13(2)3)10-11-16-9-7-6-8-14(16)4;1-3-2;5*1-2/h5-9,13H,10-12H2,1-4H3;3H2,1-2H3;5*1-2H3/b15-5-;;;;;;. The normalized spacial score (nSPS) is 8.38. The van der Waals surface area contributed by atoms with Crippen LogP contribution in [0.15, 0.2) is 35.9 Å². The molecule has 0 atom stereocenters. The maximum absolute atomic E-state index is 2.29. The molecule has 0 nitrogen and oxygen atoms in total. The zero-order valence-corrected chi connectivity index (χ0v) is 23.8. The van der Waals surface area contributed by atoms with E-state index in [0.717, 1.165) is 5.92 Å². The molecule has 0 spiro atoms. The molecule has 0 aromatic heterocycles. The van der Waals surface area contributed by atoms with Crippen molar-refractivity contribution in [2.75, 3.05) is 0 Å². The number of allylic oxidation sites excluding steroid dienone is 2. The second kappa shape index (κ2) is 45.6. The number of benzene rings is 1. The molecule has 0 N–H and O–H groups in total. The highest BCUT2D eigenvalue weighted by atomic mass is 14.1. The highest BCUT2D eigenvalue weighted by Crippen LogP contribution is 2.18. The molecule has 0 aliphatic rings. The molecule has 0 heterocycles. The topological polar surface area (TPSA) is 0 Å². The van der Waals surface area contributed by atoms with Crippen LogP contribution in [-0.4, -0.2) is 0 Å². The summed E-state index contributed by atoms with van der Waals surface area (Å²) in [5.74, 6) is 0.767. The van der Waals surface area contributed by atoms with Gasteiger partial charge in [0.05, 0.1) is 0 Å². The van der Waals surface area contributed by atoms with Crippen LogP contribution in [0, 0.1) is 12.8 Å². The third kappa shape index (κ3) is 38.2. The van der Waals surface area contributed by atoms with Crippen LogP contribution in [0.4, 0.5) is 0 Å². The van der Waals surface area contributed by atoms with Crippen molar-refractivity contribution in [1.29, 1.82) is 0 Å². The van der Waals surface area contributed by atoms with Gasteiger partial charge in [-0.05, 0) is 50.2 Å². The Labute approximate surface area is 189 Å². The van der Waals surface area contributed by atoms with Gasteiger partial charge in [0, 0.05) is 0 Å². The van der Waals surface area contributed by atoms with Crippen molar-refractivity contribution in [3.05, 3.63) is 47.0 Å². The minimum atomic E-state index is 0.767. The Balaban J connectivity index is -0.0000000858. The zero-order chi connectivity index (χ0) is 24.7. The summed E-state index contributed by atoms with van der Waals surface area (Å²) in [6.45, 7) is 33.2. The van der Waals surface area contributed by atoms with Crippen molar-refractivity contribution in [3.8, 4) is 0 Å². The van der Waals surface area contributed by atoms with E-state index in [4.69, 9.17) is 0 Å².